The molecule has 0 radical (unpaired) electrons. The van der Waals surface area contributed by atoms with Gasteiger partial charge in [-0.15, -0.1) is 0 Å². The Morgan fingerprint density at radius 1 is 1.30 bits per heavy atom. The fraction of sp³-hybridized carbons (Fsp3) is 0.143. The molecule has 0 bridgehead atoms. The number of hydrogen-bond acceptors (Lipinski definition) is 5. The molecule has 0 saturated heterocycles. The molecule has 0 saturated carbocycles. The first-order valence-corrected chi connectivity index (χ1v) is 5.93. The summed E-state index contributed by atoms with van der Waals surface area (Å²) in [6, 6.07) is 9.09. The van der Waals surface area contributed by atoms with Gasteiger partial charge in [-0.2, -0.15) is 5.26 Å². The van der Waals surface area contributed by atoms with Gasteiger partial charge < -0.3 is 10.6 Å². The average Bonchev–Trinajstić information content (AvgIpc) is 2.48. The normalized spacial score (nSPS) is 9.80. The standard InChI is InChI=1S/C14H13N5O/c1-19(9-11-4-2-10(8-15)3-5-11)14(20)12-13(16)18-7-6-17-12/h2-7H,9H2,1H3,(H2,16,18). The van der Waals surface area contributed by atoms with Crippen molar-refractivity contribution in [1.82, 2.24) is 14.9 Å². The van der Waals surface area contributed by atoms with E-state index in [0.717, 1.165) is 5.56 Å². The lowest BCUT2D eigenvalue weighted by Gasteiger charge is -2.17. The Bertz CT molecular complexity index is 660. The van der Waals surface area contributed by atoms with Gasteiger partial charge in [0.15, 0.2) is 11.5 Å². The van der Waals surface area contributed by atoms with E-state index in [-0.39, 0.29) is 17.4 Å². The van der Waals surface area contributed by atoms with Crippen LogP contribution in [-0.4, -0.2) is 27.8 Å². The van der Waals surface area contributed by atoms with E-state index in [0.29, 0.717) is 12.1 Å². The van der Waals surface area contributed by atoms with Gasteiger partial charge in [-0.3, -0.25) is 4.79 Å². The molecule has 0 unspecified atom stereocenters. The van der Waals surface area contributed by atoms with Crippen molar-refractivity contribution in [3.05, 3.63) is 53.5 Å². The van der Waals surface area contributed by atoms with Gasteiger partial charge in [0.25, 0.3) is 5.91 Å². The van der Waals surface area contributed by atoms with Crippen LogP contribution >= 0.6 is 0 Å². The van der Waals surface area contributed by atoms with E-state index in [9.17, 15) is 4.79 Å². The molecule has 2 rings (SSSR count). The van der Waals surface area contributed by atoms with Gasteiger partial charge in [0.2, 0.25) is 0 Å². The molecule has 100 valence electrons. The number of carbonyl (C=O) groups is 1. The van der Waals surface area contributed by atoms with Crippen LogP contribution in [0.3, 0.4) is 0 Å². The summed E-state index contributed by atoms with van der Waals surface area (Å²) in [5.74, 6) is -0.177. The zero-order valence-electron chi connectivity index (χ0n) is 10.9. The molecule has 20 heavy (non-hydrogen) atoms. The predicted molar refractivity (Wildman–Crippen MR) is 73.4 cm³/mol. The highest BCUT2D eigenvalue weighted by Gasteiger charge is 2.16. The van der Waals surface area contributed by atoms with Crippen molar-refractivity contribution in [3.63, 3.8) is 0 Å². The van der Waals surface area contributed by atoms with Crippen LogP contribution in [0.25, 0.3) is 0 Å². The number of nitrogen functional groups attached to an aromatic ring is 1. The minimum absolute atomic E-state index is 0.115. The van der Waals surface area contributed by atoms with Crippen LogP contribution in [0.4, 0.5) is 5.82 Å². The third-order valence-corrected chi connectivity index (χ3v) is 2.78. The monoisotopic (exact) mass is 267 g/mol. The Morgan fingerprint density at radius 3 is 2.55 bits per heavy atom. The second-order valence-electron chi connectivity index (χ2n) is 4.26. The summed E-state index contributed by atoms with van der Waals surface area (Å²) < 4.78 is 0. The summed E-state index contributed by atoms with van der Waals surface area (Å²) in [6.45, 7) is 0.403. The van der Waals surface area contributed by atoms with Crippen molar-refractivity contribution < 1.29 is 4.79 Å². The molecule has 2 N–H and O–H groups in total. The van der Waals surface area contributed by atoms with E-state index < -0.39 is 0 Å². The molecule has 1 amide bonds. The fourth-order valence-corrected chi connectivity index (χ4v) is 1.72. The molecule has 1 aromatic carbocycles. The number of amides is 1. The van der Waals surface area contributed by atoms with Crippen LogP contribution in [0, 0.1) is 11.3 Å². The Labute approximate surface area is 116 Å². The van der Waals surface area contributed by atoms with Crippen LogP contribution in [0.15, 0.2) is 36.7 Å². The van der Waals surface area contributed by atoms with Crippen LogP contribution in [0.5, 0.6) is 0 Å². The van der Waals surface area contributed by atoms with E-state index in [1.165, 1.54) is 17.3 Å². The van der Waals surface area contributed by atoms with Crippen LogP contribution in [0.1, 0.15) is 21.6 Å². The fourth-order valence-electron chi connectivity index (χ4n) is 1.72. The summed E-state index contributed by atoms with van der Waals surface area (Å²) in [5.41, 5.74) is 7.28. The Balaban J connectivity index is 2.11. The second-order valence-corrected chi connectivity index (χ2v) is 4.26. The van der Waals surface area contributed by atoms with Gasteiger partial charge in [-0.25, -0.2) is 9.97 Å². The highest BCUT2D eigenvalue weighted by Crippen LogP contribution is 2.11. The molecule has 0 atom stereocenters. The van der Waals surface area contributed by atoms with Crippen LogP contribution in [0.2, 0.25) is 0 Å². The molecule has 0 fully saturated rings. The molecule has 0 aliphatic heterocycles. The maximum atomic E-state index is 12.2. The summed E-state index contributed by atoms with van der Waals surface area (Å²) >= 11 is 0. The number of carbonyl (C=O) groups excluding carboxylic acids is 1. The first-order valence-electron chi connectivity index (χ1n) is 5.93. The van der Waals surface area contributed by atoms with E-state index in [1.807, 2.05) is 18.2 Å². The highest BCUT2D eigenvalue weighted by atomic mass is 16.2. The minimum atomic E-state index is -0.292. The van der Waals surface area contributed by atoms with Crippen molar-refractivity contribution in [2.24, 2.45) is 0 Å². The summed E-state index contributed by atoms with van der Waals surface area (Å²) in [5, 5.41) is 8.73. The van der Waals surface area contributed by atoms with E-state index in [4.69, 9.17) is 11.0 Å². The smallest absolute Gasteiger partial charge is 0.276 e. The average molecular weight is 267 g/mol. The SMILES string of the molecule is CN(Cc1ccc(C#N)cc1)C(=O)c1nccnc1N. The van der Waals surface area contributed by atoms with Gasteiger partial charge in [0.1, 0.15) is 0 Å². The van der Waals surface area contributed by atoms with Crippen molar-refractivity contribution >= 4 is 11.7 Å². The molecule has 0 aliphatic carbocycles. The maximum absolute atomic E-state index is 12.2. The summed E-state index contributed by atoms with van der Waals surface area (Å²) in [7, 11) is 1.66. The van der Waals surface area contributed by atoms with Gasteiger partial charge in [-0.1, -0.05) is 12.1 Å². The van der Waals surface area contributed by atoms with Crippen LogP contribution < -0.4 is 5.73 Å². The molecule has 0 aliphatic rings. The Kier molecular flexibility index (Phi) is 3.91. The third-order valence-electron chi connectivity index (χ3n) is 2.78. The van der Waals surface area contributed by atoms with Gasteiger partial charge in [0.05, 0.1) is 11.6 Å². The Hall–Kier alpha value is -2.94. The maximum Gasteiger partial charge on any atom is 0.276 e. The lowest BCUT2D eigenvalue weighted by atomic mass is 10.1. The van der Waals surface area contributed by atoms with Crippen molar-refractivity contribution in [2.75, 3.05) is 12.8 Å². The topological polar surface area (TPSA) is 95.9 Å². The van der Waals surface area contributed by atoms with Crippen molar-refractivity contribution in [2.45, 2.75) is 6.54 Å². The van der Waals surface area contributed by atoms with Crippen molar-refractivity contribution in [1.29, 1.82) is 5.26 Å². The molecule has 6 heteroatoms. The third kappa shape index (κ3) is 2.90. The van der Waals surface area contributed by atoms with Crippen LogP contribution in [-0.2, 0) is 6.54 Å². The molecule has 1 heterocycles. The lowest BCUT2D eigenvalue weighted by molar-refractivity contribution is 0.0780. The first-order chi connectivity index (χ1) is 9.61. The lowest BCUT2D eigenvalue weighted by Crippen LogP contribution is -2.28. The number of nitriles is 1. The van der Waals surface area contributed by atoms with E-state index in [1.54, 1.807) is 19.2 Å². The number of anilines is 1. The number of nitrogens with two attached hydrogens (primary N) is 1. The molecular formula is C14H13N5O. The number of aromatic nitrogens is 2. The molecule has 0 spiro atoms. The van der Waals surface area contributed by atoms with Gasteiger partial charge in [0, 0.05) is 26.0 Å². The quantitative estimate of drug-likeness (QED) is 0.901. The first kappa shape index (κ1) is 13.5. The van der Waals surface area contributed by atoms with Crippen molar-refractivity contribution in [3.8, 4) is 6.07 Å². The minimum Gasteiger partial charge on any atom is -0.382 e. The van der Waals surface area contributed by atoms with Gasteiger partial charge in [-0.05, 0) is 17.7 Å². The zero-order valence-corrected chi connectivity index (χ0v) is 10.9. The Morgan fingerprint density at radius 2 is 1.95 bits per heavy atom. The number of nitrogens with zero attached hydrogens (tertiary/aromatic N) is 4. The molecule has 6 nitrogen and oxygen atoms in total. The largest absolute Gasteiger partial charge is 0.382 e. The van der Waals surface area contributed by atoms with Gasteiger partial charge >= 0.3 is 0 Å². The molecular weight excluding hydrogens is 254 g/mol. The highest BCUT2D eigenvalue weighted by molar-refractivity contribution is 5.96. The predicted octanol–water partition coefficient (Wildman–Crippen LogP) is 1.20. The summed E-state index contributed by atoms with van der Waals surface area (Å²) in [4.78, 5) is 21.5. The molecule has 2 aromatic rings. The number of benzene rings is 1. The zero-order chi connectivity index (χ0) is 14.5. The summed E-state index contributed by atoms with van der Waals surface area (Å²) in [6.07, 6.45) is 2.87. The number of hydrogen-bond donors (Lipinski definition) is 1. The second kappa shape index (κ2) is 5.80. The van der Waals surface area contributed by atoms with E-state index >= 15 is 0 Å². The molecule has 1 aromatic heterocycles. The number of rotatable bonds is 3. The van der Waals surface area contributed by atoms with E-state index in [2.05, 4.69) is 9.97 Å².